The minimum absolute atomic E-state index is 0.115. The predicted octanol–water partition coefficient (Wildman–Crippen LogP) is 5.24. The first-order chi connectivity index (χ1) is 14.4. The molecular formula is C24H23FN2O2S. The van der Waals surface area contributed by atoms with Crippen LogP contribution in [0, 0.1) is 5.82 Å². The highest BCUT2D eigenvalue weighted by Gasteiger charge is 2.29. The zero-order chi connectivity index (χ0) is 21.0. The van der Waals surface area contributed by atoms with Gasteiger partial charge in [-0.1, -0.05) is 12.1 Å². The molecule has 1 saturated carbocycles. The molecule has 5 rings (SSSR count). The molecule has 2 aromatic carbocycles. The lowest BCUT2D eigenvalue weighted by Crippen LogP contribution is -2.15. The number of nitrogens with zero attached hydrogens (tertiary/aromatic N) is 1. The van der Waals surface area contributed by atoms with Gasteiger partial charge in [-0.15, -0.1) is 11.3 Å². The van der Waals surface area contributed by atoms with E-state index in [-0.39, 0.29) is 17.1 Å². The molecule has 0 unspecified atom stereocenters. The Bertz CT molecular complexity index is 1330. The van der Waals surface area contributed by atoms with Gasteiger partial charge in [0.05, 0.1) is 5.52 Å². The molecule has 0 aliphatic heterocycles. The fraction of sp³-hybridized carbons (Fsp3) is 0.292. The van der Waals surface area contributed by atoms with Crippen LogP contribution in [0.25, 0.3) is 32.1 Å². The highest BCUT2D eigenvalue weighted by Crippen LogP contribution is 2.48. The molecule has 2 heterocycles. The number of rotatable bonds is 5. The zero-order valence-electron chi connectivity index (χ0n) is 17.0. The lowest BCUT2D eigenvalue weighted by molar-refractivity contribution is 0.410. The van der Waals surface area contributed by atoms with Crippen molar-refractivity contribution in [2.24, 2.45) is 0 Å². The third-order valence-electron chi connectivity index (χ3n) is 5.90. The normalized spacial score (nSPS) is 14.3. The van der Waals surface area contributed by atoms with Crippen molar-refractivity contribution in [3.05, 3.63) is 63.0 Å². The van der Waals surface area contributed by atoms with Gasteiger partial charge in [0.1, 0.15) is 16.3 Å². The largest absolute Gasteiger partial charge is 0.507 e. The Morgan fingerprint density at radius 1 is 1.23 bits per heavy atom. The molecule has 0 spiro atoms. The number of H-pyrrole nitrogens is 1. The number of hydrogen-bond donors (Lipinski definition) is 2. The second-order valence-electron chi connectivity index (χ2n) is 8.36. The van der Waals surface area contributed by atoms with Gasteiger partial charge in [0.25, 0.3) is 5.56 Å². The molecule has 1 aliphatic rings. The van der Waals surface area contributed by atoms with Crippen LogP contribution < -0.4 is 5.56 Å². The average molecular weight is 423 g/mol. The third-order valence-corrected chi connectivity index (χ3v) is 6.82. The Kier molecular flexibility index (Phi) is 4.64. The number of hydrogen-bond acceptors (Lipinski definition) is 4. The van der Waals surface area contributed by atoms with E-state index in [0.717, 1.165) is 41.2 Å². The molecule has 4 aromatic rings. The van der Waals surface area contributed by atoms with E-state index in [1.165, 1.54) is 17.4 Å². The van der Waals surface area contributed by atoms with Crippen LogP contribution in [-0.4, -0.2) is 35.6 Å². The van der Waals surface area contributed by atoms with Crippen LogP contribution >= 0.6 is 11.3 Å². The SMILES string of the molecule is CN(C)CCc1ccc(-c2c(O)cc(C3CC3)c3[nH]c(=O)c4sccc4c23)cc1F. The van der Waals surface area contributed by atoms with E-state index in [0.29, 0.717) is 33.7 Å². The Morgan fingerprint density at radius 3 is 2.73 bits per heavy atom. The molecule has 30 heavy (non-hydrogen) atoms. The van der Waals surface area contributed by atoms with Crippen molar-refractivity contribution >= 4 is 32.3 Å². The second-order valence-corrected chi connectivity index (χ2v) is 9.28. The fourth-order valence-electron chi connectivity index (χ4n) is 4.20. The number of benzene rings is 2. The maximum atomic E-state index is 14.9. The Hall–Kier alpha value is -2.70. The number of fused-ring (bicyclic) bond motifs is 3. The molecule has 4 nitrogen and oxygen atoms in total. The highest BCUT2D eigenvalue weighted by atomic mass is 32.1. The number of aromatic hydroxyl groups is 1. The van der Waals surface area contributed by atoms with Crippen LogP contribution in [0.1, 0.15) is 29.9 Å². The smallest absolute Gasteiger partial charge is 0.266 e. The monoisotopic (exact) mass is 422 g/mol. The number of aromatic amines is 1. The second kappa shape index (κ2) is 7.22. The summed E-state index contributed by atoms with van der Waals surface area (Å²) >= 11 is 1.38. The Morgan fingerprint density at radius 2 is 2.03 bits per heavy atom. The summed E-state index contributed by atoms with van der Waals surface area (Å²) in [5.41, 5.74) is 3.46. The lowest BCUT2D eigenvalue weighted by atomic mass is 9.92. The van der Waals surface area contributed by atoms with Gasteiger partial charge >= 0.3 is 0 Å². The molecule has 0 amide bonds. The maximum Gasteiger partial charge on any atom is 0.266 e. The first-order valence-corrected chi connectivity index (χ1v) is 11.0. The summed E-state index contributed by atoms with van der Waals surface area (Å²) in [6.07, 6.45) is 2.72. The molecule has 2 N–H and O–H groups in total. The number of nitrogens with one attached hydrogen (secondary N) is 1. The highest BCUT2D eigenvalue weighted by molar-refractivity contribution is 7.17. The molecule has 6 heteroatoms. The third kappa shape index (κ3) is 3.20. The van der Waals surface area contributed by atoms with E-state index >= 15 is 0 Å². The summed E-state index contributed by atoms with van der Waals surface area (Å²) in [5.74, 6) is 0.202. The van der Waals surface area contributed by atoms with Gasteiger partial charge in [0.2, 0.25) is 0 Å². The van der Waals surface area contributed by atoms with E-state index in [1.807, 2.05) is 36.5 Å². The molecule has 0 atom stereocenters. The van der Waals surface area contributed by atoms with E-state index in [2.05, 4.69) is 4.98 Å². The van der Waals surface area contributed by atoms with Gasteiger partial charge in [0, 0.05) is 22.9 Å². The maximum absolute atomic E-state index is 14.9. The van der Waals surface area contributed by atoms with Gasteiger partial charge in [-0.05, 0) is 79.5 Å². The van der Waals surface area contributed by atoms with Crippen LogP contribution in [0.4, 0.5) is 4.39 Å². The summed E-state index contributed by atoms with van der Waals surface area (Å²) in [6.45, 7) is 0.761. The molecular weight excluding hydrogens is 399 g/mol. The topological polar surface area (TPSA) is 56.3 Å². The standard InChI is InChI=1S/C24H23FN2O2S/c1-27(2)9-7-14-5-6-15(11-18(14)25)20-19(28)12-17(13-3-4-13)22-21(20)16-8-10-30-23(16)24(29)26-22/h5-6,8,10-13,28H,3-4,7,9H2,1-2H3,(H,26,29). The summed E-state index contributed by atoms with van der Waals surface area (Å²) in [5, 5.41) is 14.5. The number of aromatic nitrogens is 1. The molecule has 0 bridgehead atoms. The molecule has 0 saturated heterocycles. The molecule has 1 aliphatic carbocycles. The lowest BCUT2D eigenvalue weighted by Gasteiger charge is -2.16. The number of pyridine rings is 1. The number of phenols is 1. The van der Waals surface area contributed by atoms with E-state index in [9.17, 15) is 14.3 Å². The summed E-state index contributed by atoms with van der Waals surface area (Å²) in [7, 11) is 3.93. The van der Waals surface area contributed by atoms with Gasteiger partial charge in [-0.3, -0.25) is 4.79 Å². The quantitative estimate of drug-likeness (QED) is 0.463. The summed E-state index contributed by atoms with van der Waals surface area (Å²) in [6, 6.07) is 8.83. The number of halogens is 1. The first-order valence-electron chi connectivity index (χ1n) is 10.2. The van der Waals surface area contributed by atoms with Gasteiger partial charge in [0.15, 0.2) is 0 Å². The molecule has 1 fully saturated rings. The fourth-order valence-corrected chi connectivity index (χ4v) is 5.00. The molecule has 2 aromatic heterocycles. The average Bonchev–Trinajstić information content (AvgIpc) is 3.42. The van der Waals surface area contributed by atoms with Crippen LogP contribution in [0.2, 0.25) is 0 Å². The Labute approximate surface area is 177 Å². The summed E-state index contributed by atoms with van der Waals surface area (Å²) < 4.78 is 15.5. The van der Waals surface area contributed by atoms with Crippen molar-refractivity contribution in [1.29, 1.82) is 0 Å². The van der Waals surface area contributed by atoms with Crippen LogP contribution in [-0.2, 0) is 6.42 Å². The first kappa shape index (κ1) is 19.3. The van der Waals surface area contributed by atoms with E-state index < -0.39 is 0 Å². The minimum atomic E-state index is -0.279. The zero-order valence-corrected chi connectivity index (χ0v) is 17.8. The Balaban J connectivity index is 1.76. The van der Waals surface area contributed by atoms with Gasteiger partial charge in [-0.25, -0.2) is 4.39 Å². The number of phenolic OH excluding ortho intramolecular Hbond substituents is 1. The van der Waals surface area contributed by atoms with Gasteiger partial charge < -0.3 is 15.0 Å². The predicted molar refractivity (Wildman–Crippen MR) is 121 cm³/mol. The van der Waals surface area contributed by atoms with Crippen molar-refractivity contribution in [3.8, 4) is 16.9 Å². The van der Waals surface area contributed by atoms with Crippen molar-refractivity contribution in [2.75, 3.05) is 20.6 Å². The van der Waals surface area contributed by atoms with Crippen LogP contribution in [0.5, 0.6) is 5.75 Å². The van der Waals surface area contributed by atoms with Crippen molar-refractivity contribution in [3.63, 3.8) is 0 Å². The van der Waals surface area contributed by atoms with Crippen LogP contribution in [0.3, 0.4) is 0 Å². The number of likely N-dealkylation sites (N-methyl/N-ethyl adjacent to an activating group) is 1. The number of thiophene rings is 1. The van der Waals surface area contributed by atoms with Gasteiger partial charge in [-0.2, -0.15) is 0 Å². The van der Waals surface area contributed by atoms with Crippen molar-refractivity contribution in [2.45, 2.75) is 25.2 Å². The molecule has 0 radical (unpaired) electrons. The van der Waals surface area contributed by atoms with Crippen molar-refractivity contribution in [1.82, 2.24) is 9.88 Å². The van der Waals surface area contributed by atoms with Crippen molar-refractivity contribution < 1.29 is 9.50 Å². The van der Waals surface area contributed by atoms with E-state index in [1.54, 1.807) is 12.1 Å². The van der Waals surface area contributed by atoms with Crippen LogP contribution in [0.15, 0.2) is 40.5 Å². The summed E-state index contributed by atoms with van der Waals surface area (Å²) in [4.78, 5) is 17.7. The van der Waals surface area contributed by atoms with E-state index in [4.69, 9.17) is 0 Å². The molecule has 154 valence electrons. The minimum Gasteiger partial charge on any atom is -0.507 e.